The quantitative estimate of drug-likeness (QED) is 0.800. The third-order valence-corrected chi connectivity index (χ3v) is 5.44. The van der Waals surface area contributed by atoms with Crippen LogP contribution in [0.3, 0.4) is 0 Å². The molecule has 0 radical (unpaired) electrons. The van der Waals surface area contributed by atoms with Gasteiger partial charge in [0.1, 0.15) is 5.82 Å². The lowest BCUT2D eigenvalue weighted by molar-refractivity contribution is 0.0571. The Morgan fingerprint density at radius 1 is 1.17 bits per heavy atom. The van der Waals surface area contributed by atoms with Crippen LogP contribution in [0.15, 0.2) is 22.7 Å². The molecule has 18 heavy (non-hydrogen) atoms. The lowest BCUT2D eigenvalue weighted by Crippen LogP contribution is -2.50. The summed E-state index contributed by atoms with van der Waals surface area (Å²) in [5, 5.41) is 3.62. The van der Waals surface area contributed by atoms with Crippen molar-refractivity contribution in [2.45, 2.75) is 51.0 Å². The van der Waals surface area contributed by atoms with Gasteiger partial charge in [-0.25, -0.2) is 4.39 Å². The van der Waals surface area contributed by atoms with Gasteiger partial charge in [-0.05, 0) is 65.2 Å². The average Bonchev–Trinajstić information content (AvgIpc) is 2.37. The van der Waals surface area contributed by atoms with Crippen LogP contribution in [0.1, 0.15) is 44.9 Å². The Balaban J connectivity index is 1.72. The molecule has 1 atom stereocenters. The van der Waals surface area contributed by atoms with Crippen molar-refractivity contribution in [3.05, 3.63) is 28.5 Å². The van der Waals surface area contributed by atoms with Gasteiger partial charge in [-0.2, -0.15) is 0 Å². The second kappa shape index (κ2) is 4.84. The smallest absolute Gasteiger partial charge is 0.124 e. The van der Waals surface area contributed by atoms with E-state index < -0.39 is 0 Å². The van der Waals surface area contributed by atoms with Crippen LogP contribution in [0, 0.1) is 11.2 Å². The lowest BCUT2D eigenvalue weighted by Gasteiger charge is -2.52. The largest absolute Gasteiger partial charge is 0.381 e. The third kappa shape index (κ3) is 2.18. The molecule has 1 nitrogen and oxygen atoms in total. The number of hydrogen-bond acceptors (Lipinski definition) is 1. The molecule has 1 spiro atoms. The fraction of sp³-hybridized carbons (Fsp3) is 0.600. The van der Waals surface area contributed by atoms with Gasteiger partial charge >= 0.3 is 0 Å². The molecular weight excluding hydrogens is 293 g/mol. The Labute approximate surface area is 116 Å². The van der Waals surface area contributed by atoms with Gasteiger partial charge in [0.05, 0.1) is 0 Å². The molecule has 2 fully saturated rings. The van der Waals surface area contributed by atoms with Gasteiger partial charge in [-0.1, -0.05) is 19.3 Å². The van der Waals surface area contributed by atoms with E-state index >= 15 is 0 Å². The Morgan fingerprint density at radius 3 is 2.56 bits per heavy atom. The van der Waals surface area contributed by atoms with Gasteiger partial charge in [0.2, 0.25) is 0 Å². The van der Waals surface area contributed by atoms with Crippen LogP contribution in [-0.4, -0.2) is 6.04 Å². The van der Waals surface area contributed by atoms with Crippen molar-refractivity contribution in [1.82, 2.24) is 0 Å². The van der Waals surface area contributed by atoms with E-state index in [1.165, 1.54) is 57.1 Å². The van der Waals surface area contributed by atoms with E-state index in [9.17, 15) is 4.39 Å². The molecule has 1 N–H and O–H groups in total. The maximum absolute atomic E-state index is 13.1. The molecule has 1 aromatic carbocycles. The summed E-state index contributed by atoms with van der Waals surface area (Å²) in [4.78, 5) is 0. The van der Waals surface area contributed by atoms with Crippen molar-refractivity contribution in [3.8, 4) is 0 Å². The first-order valence-electron chi connectivity index (χ1n) is 6.91. The van der Waals surface area contributed by atoms with Crippen molar-refractivity contribution in [1.29, 1.82) is 0 Å². The minimum absolute atomic E-state index is 0.187. The Kier molecular flexibility index (Phi) is 3.35. The molecule has 0 heterocycles. The van der Waals surface area contributed by atoms with Crippen molar-refractivity contribution >= 4 is 21.6 Å². The van der Waals surface area contributed by atoms with Crippen molar-refractivity contribution < 1.29 is 4.39 Å². The molecule has 2 saturated carbocycles. The predicted molar refractivity (Wildman–Crippen MR) is 76.3 cm³/mol. The normalized spacial score (nSPS) is 25.8. The van der Waals surface area contributed by atoms with Crippen molar-refractivity contribution in [3.63, 3.8) is 0 Å². The zero-order valence-corrected chi connectivity index (χ0v) is 12.1. The summed E-state index contributed by atoms with van der Waals surface area (Å²) in [7, 11) is 0. The maximum Gasteiger partial charge on any atom is 0.124 e. The van der Waals surface area contributed by atoms with E-state index in [0.29, 0.717) is 11.5 Å². The van der Waals surface area contributed by atoms with Crippen LogP contribution in [0.2, 0.25) is 0 Å². The van der Waals surface area contributed by atoms with Crippen LogP contribution < -0.4 is 5.32 Å². The summed E-state index contributed by atoms with van der Waals surface area (Å²) < 4.78 is 13.9. The molecular formula is C15H19BrFN. The lowest BCUT2D eigenvalue weighted by atomic mass is 9.57. The molecule has 0 saturated heterocycles. The topological polar surface area (TPSA) is 12.0 Å². The van der Waals surface area contributed by atoms with Crippen LogP contribution in [0.25, 0.3) is 0 Å². The van der Waals surface area contributed by atoms with Gasteiger partial charge < -0.3 is 5.32 Å². The highest BCUT2D eigenvalue weighted by Gasteiger charge is 2.46. The summed E-state index contributed by atoms with van der Waals surface area (Å²) in [6, 6.07) is 5.49. The summed E-state index contributed by atoms with van der Waals surface area (Å²) in [6.45, 7) is 0. The second-order valence-electron chi connectivity index (χ2n) is 5.78. The van der Waals surface area contributed by atoms with Gasteiger partial charge in [-0.15, -0.1) is 0 Å². The predicted octanol–water partition coefficient (Wildman–Crippen LogP) is 5.11. The standard InChI is InChI=1S/C15H19BrFN/c16-12-10-11(17)4-5-13(12)18-14-6-9-15(14)7-2-1-3-8-15/h4-5,10,14,18H,1-3,6-9H2. The Hall–Kier alpha value is -0.570. The Morgan fingerprint density at radius 2 is 1.94 bits per heavy atom. The first kappa shape index (κ1) is 12.5. The molecule has 0 aromatic heterocycles. The van der Waals surface area contributed by atoms with Gasteiger partial charge in [0, 0.05) is 16.2 Å². The monoisotopic (exact) mass is 311 g/mol. The van der Waals surface area contributed by atoms with E-state index in [1.807, 2.05) is 6.07 Å². The van der Waals surface area contributed by atoms with Crippen LogP contribution >= 0.6 is 15.9 Å². The van der Waals surface area contributed by atoms with E-state index in [4.69, 9.17) is 0 Å². The minimum Gasteiger partial charge on any atom is -0.381 e. The van der Waals surface area contributed by atoms with Gasteiger partial charge in [-0.3, -0.25) is 0 Å². The van der Waals surface area contributed by atoms with Gasteiger partial charge in [0.15, 0.2) is 0 Å². The van der Waals surface area contributed by atoms with Crippen molar-refractivity contribution in [2.75, 3.05) is 5.32 Å². The third-order valence-electron chi connectivity index (χ3n) is 4.78. The van der Waals surface area contributed by atoms with Gasteiger partial charge in [0.25, 0.3) is 0 Å². The molecule has 0 bridgehead atoms. The molecule has 1 aromatic rings. The molecule has 2 aliphatic rings. The number of hydrogen-bond donors (Lipinski definition) is 1. The van der Waals surface area contributed by atoms with E-state index in [2.05, 4.69) is 21.2 Å². The van der Waals surface area contributed by atoms with Crippen LogP contribution in [-0.2, 0) is 0 Å². The fourth-order valence-electron chi connectivity index (χ4n) is 3.57. The second-order valence-corrected chi connectivity index (χ2v) is 6.64. The average molecular weight is 312 g/mol. The number of rotatable bonds is 2. The number of benzene rings is 1. The highest BCUT2D eigenvalue weighted by Crippen LogP contribution is 2.52. The SMILES string of the molecule is Fc1ccc(NC2CCC23CCCCC3)c(Br)c1. The molecule has 98 valence electrons. The summed E-state index contributed by atoms with van der Waals surface area (Å²) >= 11 is 3.44. The van der Waals surface area contributed by atoms with Crippen LogP contribution in [0.5, 0.6) is 0 Å². The molecule has 3 rings (SSSR count). The van der Waals surface area contributed by atoms with E-state index in [1.54, 1.807) is 0 Å². The van der Waals surface area contributed by atoms with E-state index in [0.717, 1.165) is 10.2 Å². The molecule has 1 unspecified atom stereocenters. The minimum atomic E-state index is -0.187. The maximum atomic E-state index is 13.1. The highest BCUT2D eigenvalue weighted by molar-refractivity contribution is 9.10. The number of halogens is 2. The van der Waals surface area contributed by atoms with E-state index in [-0.39, 0.29) is 5.82 Å². The van der Waals surface area contributed by atoms with Crippen molar-refractivity contribution in [2.24, 2.45) is 5.41 Å². The number of nitrogens with one attached hydrogen (secondary N) is 1. The zero-order chi connectivity index (χ0) is 12.6. The summed E-state index contributed by atoms with van der Waals surface area (Å²) in [6.07, 6.45) is 9.50. The fourth-order valence-corrected chi connectivity index (χ4v) is 4.04. The highest BCUT2D eigenvalue weighted by atomic mass is 79.9. The Bertz CT molecular complexity index is 440. The summed E-state index contributed by atoms with van der Waals surface area (Å²) in [5.41, 5.74) is 1.57. The van der Waals surface area contributed by atoms with Crippen LogP contribution in [0.4, 0.5) is 10.1 Å². The summed E-state index contributed by atoms with van der Waals surface area (Å²) in [5.74, 6) is -0.187. The molecule has 0 amide bonds. The first-order chi connectivity index (χ1) is 8.70. The first-order valence-corrected chi connectivity index (χ1v) is 7.71. The zero-order valence-electron chi connectivity index (χ0n) is 10.5. The molecule has 2 aliphatic carbocycles. The molecule has 3 heteroatoms. The number of anilines is 1. The molecule has 0 aliphatic heterocycles.